The maximum atomic E-state index is 3.79. The number of allylic oxidation sites excluding steroid dienone is 4. The summed E-state index contributed by atoms with van der Waals surface area (Å²) in [4.78, 5) is 0. The van der Waals surface area contributed by atoms with Crippen LogP contribution in [0.2, 0.25) is 0 Å². The fraction of sp³-hybridized carbons (Fsp3) is 0.500. The van der Waals surface area contributed by atoms with Crippen LogP contribution in [0.3, 0.4) is 0 Å². The van der Waals surface area contributed by atoms with Crippen molar-refractivity contribution in [1.29, 1.82) is 0 Å². The van der Waals surface area contributed by atoms with Crippen molar-refractivity contribution >= 4 is 0 Å². The van der Waals surface area contributed by atoms with E-state index in [2.05, 4.69) is 24.0 Å². The first-order valence-corrected chi connectivity index (χ1v) is 5.10. The lowest BCUT2D eigenvalue weighted by molar-refractivity contribution is 0.685. The minimum atomic E-state index is 1.09. The normalized spacial score (nSPS) is 16.2. The van der Waals surface area contributed by atoms with E-state index in [0.717, 1.165) is 13.0 Å². The van der Waals surface area contributed by atoms with Gasteiger partial charge in [0.15, 0.2) is 0 Å². The van der Waals surface area contributed by atoms with E-state index in [1.807, 2.05) is 26.8 Å². The Kier molecular flexibility index (Phi) is 7.08. The van der Waals surface area contributed by atoms with Crippen LogP contribution < -0.4 is 5.32 Å². The van der Waals surface area contributed by atoms with Gasteiger partial charge in [0, 0.05) is 12.2 Å². The van der Waals surface area contributed by atoms with Crippen molar-refractivity contribution in [2.24, 2.45) is 0 Å². The maximum absolute atomic E-state index is 3.79. The molecule has 0 spiro atoms. The summed E-state index contributed by atoms with van der Waals surface area (Å²) in [6, 6.07) is 0. The lowest BCUT2D eigenvalue weighted by Gasteiger charge is -2.17. The van der Waals surface area contributed by atoms with E-state index in [1.165, 1.54) is 17.7 Å². The number of nitrogens with one attached hydrogen (secondary N) is 1. The Morgan fingerprint density at radius 1 is 1.38 bits per heavy atom. The molecule has 1 heteroatoms. The molecule has 0 radical (unpaired) electrons. The second-order valence-corrected chi connectivity index (χ2v) is 2.67. The molecule has 0 unspecified atom stereocenters. The Bertz CT molecular complexity index is 199. The molecule has 1 N–H and O–H groups in total. The van der Waals surface area contributed by atoms with E-state index >= 15 is 0 Å². The Morgan fingerprint density at radius 3 is 2.62 bits per heavy atom. The molecule has 0 saturated carbocycles. The predicted octanol–water partition coefficient (Wildman–Crippen LogP) is 3.41. The van der Waals surface area contributed by atoms with E-state index in [4.69, 9.17) is 0 Å². The topological polar surface area (TPSA) is 12.0 Å². The highest BCUT2D eigenvalue weighted by atomic mass is 14.9. The van der Waals surface area contributed by atoms with Crippen LogP contribution in [-0.2, 0) is 0 Å². The highest BCUT2D eigenvalue weighted by Gasteiger charge is 2.05. The average molecular weight is 179 g/mol. The number of rotatable bonds is 2. The third kappa shape index (κ3) is 3.97. The lowest BCUT2D eigenvalue weighted by atomic mass is 10.0. The summed E-state index contributed by atoms with van der Waals surface area (Å²) in [5, 5.41) is 3.34. The molecule has 1 aliphatic rings. The fourth-order valence-corrected chi connectivity index (χ4v) is 1.29. The van der Waals surface area contributed by atoms with Gasteiger partial charge in [-0.25, -0.2) is 0 Å². The van der Waals surface area contributed by atoms with Gasteiger partial charge in [-0.2, -0.15) is 0 Å². The summed E-state index contributed by atoms with van der Waals surface area (Å²) in [6.07, 6.45) is 8.49. The van der Waals surface area contributed by atoms with Crippen LogP contribution in [0.4, 0.5) is 0 Å². The smallest absolute Gasteiger partial charge is 0.0369 e. The van der Waals surface area contributed by atoms with Gasteiger partial charge in [-0.3, -0.25) is 0 Å². The molecule has 0 fully saturated rings. The molecule has 0 atom stereocenters. The molecule has 1 heterocycles. The Balaban J connectivity index is 0.000000671. The molecular formula is C12H21N. The molecule has 0 aromatic heterocycles. The lowest BCUT2D eigenvalue weighted by Crippen LogP contribution is -2.19. The van der Waals surface area contributed by atoms with Gasteiger partial charge in [0.1, 0.15) is 0 Å². The SMILES string of the molecule is C=CC1=C(/C=C\C)NCCC1.CC. The van der Waals surface area contributed by atoms with E-state index in [1.54, 1.807) is 0 Å². The zero-order valence-electron chi connectivity index (χ0n) is 9.06. The summed E-state index contributed by atoms with van der Waals surface area (Å²) in [7, 11) is 0. The molecule has 1 rings (SSSR count). The predicted molar refractivity (Wildman–Crippen MR) is 60.6 cm³/mol. The van der Waals surface area contributed by atoms with Crippen molar-refractivity contribution in [2.45, 2.75) is 33.6 Å². The van der Waals surface area contributed by atoms with Gasteiger partial charge >= 0.3 is 0 Å². The van der Waals surface area contributed by atoms with Crippen molar-refractivity contribution in [2.75, 3.05) is 6.54 Å². The maximum Gasteiger partial charge on any atom is 0.0369 e. The van der Waals surface area contributed by atoms with Crippen LogP contribution in [0.5, 0.6) is 0 Å². The second-order valence-electron chi connectivity index (χ2n) is 2.67. The molecule has 0 aliphatic carbocycles. The summed E-state index contributed by atoms with van der Waals surface area (Å²) < 4.78 is 0. The first-order valence-electron chi connectivity index (χ1n) is 5.10. The van der Waals surface area contributed by atoms with Crippen molar-refractivity contribution in [1.82, 2.24) is 5.32 Å². The zero-order valence-corrected chi connectivity index (χ0v) is 9.06. The van der Waals surface area contributed by atoms with E-state index in [0.29, 0.717) is 0 Å². The van der Waals surface area contributed by atoms with Gasteiger partial charge in [0.25, 0.3) is 0 Å². The Labute approximate surface area is 82.2 Å². The first-order chi connectivity index (χ1) is 6.38. The molecule has 0 aromatic rings. The monoisotopic (exact) mass is 179 g/mol. The number of hydrogen-bond acceptors (Lipinski definition) is 1. The zero-order chi connectivity index (χ0) is 10.1. The van der Waals surface area contributed by atoms with Gasteiger partial charge in [-0.15, -0.1) is 0 Å². The van der Waals surface area contributed by atoms with Gasteiger partial charge in [0.05, 0.1) is 0 Å². The van der Waals surface area contributed by atoms with Crippen molar-refractivity contribution in [3.8, 4) is 0 Å². The Morgan fingerprint density at radius 2 is 2.08 bits per heavy atom. The van der Waals surface area contributed by atoms with E-state index < -0.39 is 0 Å². The summed E-state index contributed by atoms with van der Waals surface area (Å²) in [5.41, 5.74) is 2.59. The molecule has 0 bridgehead atoms. The third-order valence-electron chi connectivity index (χ3n) is 1.86. The highest BCUT2D eigenvalue weighted by Crippen LogP contribution is 2.15. The Hall–Kier alpha value is -0.980. The summed E-state index contributed by atoms with van der Waals surface area (Å²) in [5.74, 6) is 0. The van der Waals surface area contributed by atoms with E-state index in [-0.39, 0.29) is 0 Å². The third-order valence-corrected chi connectivity index (χ3v) is 1.86. The van der Waals surface area contributed by atoms with Crippen LogP contribution in [0.15, 0.2) is 36.1 Å². The quantitative estimate of drug-likeness (QED) is 0.685. The summed E-state index contributed by atoms with van der Waals surface area (Å²) >= 11 is 0. The molecular weight excluding hydrogens is 158 g/mol. The van der Waals surface area contributed by atoms with Crippen LogP contribution in [0.25, 0.3) is 0 Å². The minimum absolute atomic E-state index is 1.09. The molecule has 74 valence electrons. The van der Waals surface area contributed by atoms with Crippen LogP contribution >= 0.6 is 0 Å². The highest BCUT2D eigenvalue weighted by molar-refractivity contribution is 5.32. The van der Waals surface area contributed by atoms with Crippen LogP contribution in [-0.4, -0.2) is 6.54 Å². The largest absolute Gasteiger partial charge is 0.385 e. The van der Waals surface area contributed by atoms with Crippen molar-refractivity contribution in [3.05, 3.63) is 36.1 Å². The van der Waals surface area contributed by atoms with Gasteiger partial charge in [0.2, 0.25) is 0 Å². The molecule has 13 heavy (non-hydrogen) atoms. The van der Waals surface area contributed by atoms with Gasteiger partial charge in [-0.05, 0) is 31.4 Å². The molecule has 1 aliphatic heterocycles. The summed E-state index contributed by atoms with van der Waals surface area (Å²) in [6.45, 7) is 10.9. The first kappa shape index (κ1) is 12.0. The van der Waals surface area contributed by atoms with Crippen molar-refractivity contribution in [3.63, 3.8) is 0 Å². The molecule has 0 aromatic carbocycles. The molecule has 0 saturated heterocycles. The minimum Gasteiger partial charge on any atom is -0.385 e. The molecule has 0 amide bonds. The molecule has 1 nitrogen and oxygen atoms in total. The van der Waals surface area contributed by atoms with Crippen LogP contribution in [0.1, 0.15) is 33.6 Å². The van der Waals surface area contributed by atoms with Gasteiger partial charge in [-0.1, -0.05) is 32.6 Å². The fourth-order valence-electron chi connectivity index (χ4n) is 1.29. The number of hydrogen-bond donors (Lipinski definition) is 1. The second kappa shape index (κ2) is 7.66. The average Bonchev–Trinajstić information content (AvgIpc) is 2.22. The van der Waals surface area contributed by atoms with Crippen LogP contribution in [0, 0.1) is 0 Å². The van der Waals surface area contributed by atoms with Crippen molar-refractivity contribution < 1.29 is 0 Å². The standard InChI is InChI=1S/C10H15N.C2H6/c1-3-6-10-9(4-2)7-5-8-11-10;1-2/h3-4,6,11H,2,5,7-8H2,1H3;1-2H3/b6-3-;. The van der Waals surface area contributed by atoms with E-state index in [9.17, 15) is 0 Å². The van der Waals surface area contributed by atoms with Gasteiger partial charge < -0.3 is 5.32 Å².